The van der Waals surface area contributed by atoms with Gasteiger partial charge in [0.2, 0.25) is 0 Å². The van der Waals surface area contributed by atoms with Crippen LogP contribution in [0, 0.1) is 0 Å². The molecule has 4 heteroatoms. The maximum absolute atomic E-state index is 4.57. The summed E-state index contributed by atoms with van der Waals surface area (Å²) in [6.07, 6.45) is 3.89. The molecule has 0 saturated heterocycles. The van der Waals surface area contributed by atoms with E-state index in [0.29, 0.717) is 0 Å². The molecule has 0 N–H and O–H groups in total. The third-order valence-electron chi connectivity index (χ3n) is 12.1. The largest absolute Gasteiger partial charge is 0.309 e. The summed E-state index contributed by atoms with van der Waals surface area (Å²) >= 11 is 0. The molecule has 0 saturated carbocycles. The molecule has 254 valence electrons. The summed E-state index contributed by atoms with van der Waals surface area (Å²) < 4.78 is 7.28. The number of para-hydroxylation sites is 3. The van der Waals surface area contributed by atoms with Crippen molar-refractivity contribution in [2.24, 2.45) is 0 Å². The van der Waals surface area contributed by atoms with E-state index < -0.39 is 0 Å². The monoisotopic (exact) mass is 690 g/mol. The molecule has 12 rings (SSSR count). The molecule has 1 aliphatic carbocycles. The van der Waals surface area contributed by atoms with E-state index in [4.69, 9.17) is 0 Å². The van der Waals surface area contributed by atoms with Gasteiger partial charge in [0.15, 0.2) is 0 Å². The van der Waals surface area contributed by atoms with Crippen LogP contribution in [0.5, 0.6) is 0 Å². The van der Waals surface area contributed by atoms with Gasteiger partial charge in [0.25, 0.3) is 0 Å². The van der Waals surface area contributed by atoms with Crippen molar-refractivity contribution in [3.05, 3.63) is 181 Å². The van der Waals surface area contributed by atoms with Crippen molar-refractivity contribution in [2.75, 3.05) is 0 Å². The van der Waals surface area contributed by atoms with E-state index in [1.807, 2.05) is 12.4 Å². The van der Waals surface area contributed by atoms with Crippen LogP contribution in [0.1, 0.15) is 25.0 Å². The van der Waals surface area contributed by atoms with Crippen LogP contribution in [0.4, 0.5) is 0 Å². The Balaban J connectivity index is 1.13. The lowest BCUT2D eigenvalue weighted by Crippen LogP contribution is -2.15. The molecule has 4 aromatic heterocycles. The fraction of sp³-hybridized carbons (Fsp3) is 0.0600. The Bertz CT molecular complexity index is 3350. The summed E-state index contributed by atoms with van der Waals surface area (Å²) in [7, 11) is 0. The molecule has 1 aliphatic rings. The Hall–Kier alpha value is -6.91. The Morgan fingerprint density at radius 2 is 0.926 bits per heavy atom. The van der Waals surface area contributed by atoms with Gasteiger partial charge in [-0.1, -0.05) is 98.8 Å². The van der Waals surface area contributed by atoms with Gasteiger partial charge < -0.3 is 13.7 Å². The molecule has 0 unspecified atom stereocenters. The van der Waals surface area contributed by atoms with Gasteiger partial charge >= 0.3 is 0 Å². The van der Waals surface area contributed by atoms with Gasteiger partial charge in [-0.25, -0.2) is 0 Å². The fourth-order valence-corrected chi connectivity index (χ4v) is 9.75. The van der Waals surface area contributed by atoms with Crippen molar-refractivity contribution in [1.29, 1.82) is 0 Å². The number of hydrogen-bond donors (Lipinski definition) is 0. The lowest BCUT2D eigenvalue weighted by molar-refractivity contribution is 0.660. The van der Waals surface area contributed by atoms with Crippen LogP contribution in [0.3, 0.4) is 0 Å². The van der Waals surface area contributed by atoms with E-state index in [9.17, 15) is 0 Å². The molecule has 0 radical (unpaired) electrons. The Kier molecular flexibility index (Phi) is 5.81. The zero-order chi connectivity index (χ0) is 35.7. The average Bonchev–Trinajstić information content (AvgIpc) is 3.91. The summed E-state index contributed by atoms with van der Waals surface area (Å²) in [5.41, 5.74) is 16.0. The van der Waals surface area contributed by atoms with Gasteiger partial charge in [-0.3, -0.25) is 4.98 Å². The second kappa shape index (κ2) is 10.6. The molecule has 4 nitrogen and oxygen atoms in total. The first kappa shape index (κ1) is 29.6. The highest BCUT2D eigenvalue weighted by atomic mass is 15.0. The minimum absolute atomic E-state index is 0.0774. The van der Waals surface area contributed by atoms with Gasteiger partial charge in [-0.15, -0.1) is 0 Å². The summed E-state index contributed by atoms with van der Waals surface area (Å²) in [4.78, 5) is 4.57. The van der Waals surface area contributed by atoms with Gasteiger partial charge in [0.05, 0.1) is 33.1 Å². The molecule has 7 aromatic carbocycles. The summed E-state index contributed by atoms with van der Waals surface area (Å²) in [5, 5.41) is 7.40. The zero-order valence-electron chi connectivity index (χ0n) is 30.0. The third kappa shape index (κ3) is 3.79. The molecule has 0 aliphatic heterocycles. The Morgan fingerprint density at radius 3 is 1.67 bits per heavy atom. The summed E-state index contributed by atoms with van der Waals surface area (Å²) in [5.74, 6) is 0. The second-order valence-corrected chi connectivity index (χ2v) is 15.2. The van der Waals surface area contributed by atoms with Crippen LogP contribution in [-0.2, 0) is 5.41 Å². The first-order chi connectivity index (χ1) is 26.6. The number of aromatic nitrogens is 4. The van der Waals surface area contributed by atoms with Crippen molar-refractivity contribution in [3.63, 3.8) is 0 Å². The van der Waals surface area contributed by atoms with Gasteiger partial charge in [-0.05, 0) is 95.1 Å². The van der Waals surface area contributed by atoms with Crippen LogP contribution in [-0.4, -0.2) is 18.7 Å². The molecule has 0 spiro atoms. The number of fused-ring (bicyclic) bond motifs is 13. The van der Waals surface area contributed by atoms with E-state index in [0.717, 1.165) is 22.3 Å². The standard InChI is InChI=1S/C50H34N4/c1-50(2)40-17-9-6-14-34(40)35-22-20-33(29-41(35)50)54-43-19-11-8-16-37(43)49-47(54)25-24-46-48(49)36-15-7-10-18-42(36)53(46)32-21-23-44-38(28-32)39-30-51-27-26-45(39)52(44)31-12-4-3-5-13-31/h3-30H,1-2H3. The Morgan fingerprint density at radius 1 is 0.389 bits per heavy atom. The highest BCUT2D eigenvalue weighted by Crippen LogP contribution is 2.50. The number of pyridine rings is 1. The number of benzene rings is 7. The van der Waals surface area contributed by atoms with Crippen LogP contribution >= 0.6 is 0 Å². The molecule has 0 fully saturated rings. The van der Waals surface area contributed by atoms with Crippen molar-refractivity contribution in [1.82, 2.24) is 18.7 Å². The van der Waals surface area contributed by atoms with E-state index >= 15 is 0 Å². The van der Waals surface area contributed by atoms with Crippen molar-refractivity contribution in [3.8, 4) is 28.2 Å². The van der Waals surface area contributed by atoms with Crippen LogP contribution in [0.2, 0.25) is 0 Å². The number of rotatable bonds is 3. The normalized spacial score (nSPS) is 13.5. The molecule has 11 aromatic rings. The van der Waals surface area contributed by atoms with E-state index in [-0.39, 0.29) is 5.41 Å². The maximum Gasteiger partial charge on any atom is 0.0571 e. The lowest BCUT2D eigenvalue weighted by atomic mass is 9.82. The summed E-state index contributed by atoms with van der Waals surface area (Å²) in [6.45, 7) is 4.72. The molecule has 0 amide bonds. The summed E-state index contributed by atoms with van der Waals surface area (Å²) in [6, 6.07) is 58.1. The van der Waals surface area contributed by atoms with Gasteiger partial charge in [-0.2, -0.15) is 0 Å². The lowest BCUT2D eigenvalue weighted by Gasteiger charge is -2.22. The molecular formula is C50H34N4. The second-order valence-electron chi connectivity index (χ2n) is 15.2. The number of hydrogen-bond acceptors (Lipinski definition) is 1. The third-order valence-corrected chi connectivity index (χ3v) is 12.1. The quantitative estimate of drug-likeness (QED) is 0.181. The van der Waals surface area contributed by atoms with Crippen LogP contribution < -0.4 is 0 Å². The van der Waals surface area contributed by atoms with Crippen molar-refractivity contribution < 1.29 is 0 Å². The molecule has 4 heterocycles. The van der Waals surface area contributed by atoms with E-state index in [1.165, 1.54) is 82.5 Å². The maximum atomic E-state index is 4.57. The molecular weight excluding hydrogens is 657 g/mol. The predicted octanol–water partition coefficient (Wildman–Crippen LogP) is 12.7. The van der Waals surface area contributed by atoms with Crippen molar-refractivity contribution >= 4 is 65.4 Å². The highest BCUT2D eigenvalue weighted by molar-refractivity contribution is 6.29. The smallest absolute Gasteiger partial charge is 0.0571 e. The predicted molar refractivity (Wildman–Crippen MR) is 225 cm³/mol. The molecule has 0 atom stereocenters. The fourth-order valence-electron chi connectivity index (χ4n) is 9.75. The highest BCUT2D eigenvalue weighted by Gasteiger charge is 2.35. The van der Waals surface area contributed by atoms with Crippen LogP contribution in [0.25, 0.3) is 93.6 Å². The first-order valence-corrected chi connectivity index (χ1v) is 18.7. The minimum Gasteiger partial charge on any atom is -0.309 e. The van der Waals surface area contributed by atoms with Crippen molar-refractivity contribution in [2.45, 2.75) is 19.3 Å². The SMILES string of the molecule is CC1(C)c2ccccc2-c2ccc(-n3c4ccccc4c4c5c6ccccc6n(-c6ccc7c(c6)c6cnccc6n7-c6ccccc6)c5ccc43)cc21. The first-order valence-electron chi connectivity index (χ1n) is 18.7. The van der Waals surface area contributed by atoms with Gasteiger partial charge in [0.1, 0.15) is 0 Å². The zero-order valence-corrected chi connectivity index (χ0v) is 30.0. The van der Waals surface area contributed by atoms with E-state index in [1.54, 1.807) is 0 Å². The minimum atomic E-state index is -0.0774. The molecule has 0 bridgehead atoms. The Labute approximate surface area is 311 Å². The number of nitrogens with zero attached hydrogens (tertiary/aromatic N) is 4. The van der Waals surface area contributed by atoms with E-state index in [2.05, 4.69) is 190 Å². The van der Waals surface area contributed by atoms with Gasteiger partial charge in [0, 0.05) is 67.2 Å². The average molecular weight is 691 g/mol. The topological polar surface area (TPSA) is 27.7 Å². The molecule has 54 heavy (non-hydrogen) atoms. The van der Waals surface area contributed by atoms with Crippen LogP contribution in [0.15, 0.2) is 170 Å².